The molecule has 0 saturated carbocycles. The fraction of sp³-hybridized carbons (Fsp3) is 0.417. The van der Waals surface area contributed by atoms with Crippen LogP contribution in [0.5, 0.6) is 0 Å². The lowest BCUT2D eigenvalue weighted by molar-refractivity contribution is -0.206. The van der Waals surface area contributed by atoms with Crippen LogP contribution in [0, 0.1) is 0 Å². The average molecular weight is 381 g/mol. The number of likely N-dealkylation sites (N-methyl/N-ethyl adjacent to an activating group) is 1. The van der Waals surface area contributed by atoms with E-state index in [1.807, 2.05) is 0 Å². The van der Waals surface area contributed by atoms with Gasteiger partial charge in [0.25, 0.3) is 5.91 Å². The summed E-state index contributed by atoms with van der Waals surface area (Å²) in [6.07, 6.45) is -3.20. The minimum atomic E-state index is -4.78. The summed E-state index contributed by atoms with van der Waals surface area (Å²) in [4.78, 5) is 21.2. The molecule has 2 rings (SSSR count). The van der Waals surface area contributed by atoms with Crippen LogP contribution in [0.25, 0.3) is 5.65 Å². The minimum absolute atomic E-state index is 0.0193. The molecule has 0 aliphatic carbocycles. The molecule has 2 aromatic rings. The van der Waals surface area contributed by atoms with Gasteiger partial charge in [-0.05, 0) is 22.9 Å². The molecule has 2 aromatic heterocycles. The number of imidazole rings is 1. The molecule has 10 heteroatoms. The van der Waals surface area contributed by atoms with Gasteiger partial charge < -0.3 is 10.0 Å². The first-order valence-electron chi connectivity index (χ1n) is 6.26. The standard InChI is InChI=1S/C12H12BrF3N4O2/c1-2-19(5-8(21)12(14,15)16)11(22)7-3-18-10-4-17-9(13)6-20(7)10/h3-4,6,8,21H,2,5H2,1H3. The highest BCUT2D eigenvalue weighted by atomic mass is 79.9. The summed E-state index contributed by atoms with van der Waals surface area (Å²) in [6.45, 7) is 0.714. The third-order valence-corrected chi connectivity index (χ3v) is 3.43. The maximum atomic E-state index is 12.4. The zero-order chi connectivity index (χ0) is 16.5. The molecule has 2 heterocycles. The molecule has 6 nitrogen and oxygen atoms in total. The van der Waals surface area contributed by atoms with E-state index < -0.39 is 24.7 Å². The molecule has 0 radical (unpaired) electrons. The summed E-state index contributed by atoms with van der Waals surface area (Å²) in [6, 6.07) is 0. The number of nitrogens with zero attached hydrogens (tertiary/aromatic N) is 4. The number of halogens is 4. The number of hydrogen-bond acceptors (Lipinski definition) is 4. The van der Waals surface area contributed by atoms with Gasteiger partial charge in [-0.3, -0.25) is 9.20 Å². The van der Waals surface area contributed by atoms with Crippen LogP contribution in [0.1, 0.15) is 17.4 Å². The first-order valence-corrected chi connectivity index (χ1v) is 7.06. The third-order valence-electron chi connectivity index (χ3n) is 3.02. The molecule has 0 saturated heterocycles. The number of alkyl halides is 3. The second kappa shape index (κ2) is 6.21. The molecule has 1 atom stereocenters. The van der Waals surface area contributed by atoms with Crippen LogP contribution in [-0.4, -0.2) is 55.7 Å². The number of fused-ring (bicyclic) bond motifs is 1. The first-order chi connectivity index (χ1) is 10.2. The van der Waals surface area contributed by atoms with Crippen molar-refractivity contribution in [2.75, 3.05) is 13.1 Å². The molecule has 1 unspecified atom stereocenters. The molecular formula is C12H12BrF3N4O2. The second-order valence-corrected chi connectivity index (χ2v) is 5.30. The molecule has 0 aliphatic heterocycles. The number of rotatable bonds is 4. The van der Waals surface area contributed by atoms with E-state index in [0.29, 0.717) is 10.3 Å². The van der Waals surface area contributed by atoms with Gasteiger partial charge in [0, 0.05) is 12.7 Å². The number of amides is 1. The van der Waals surface area contributed by atoms with Crippen molar-refractivity contribution in [1.82, 2.24) is 19.3 Å². The Morgan fingerprint density at radius 2 is 2.14 bits per heavy atom. The fourth-order valence-electron chi connectivity index (χ4n) is 1.85. The SMILES string of the molecule is CCN(CC(O)C(F)(F)F)C(=O)c1cnc2cnc(Br)cn12. The lowest BCUT2D eigenvalue weighted by atomic mass is 10.3. The zero-order valence-corrected chi connectivity index (χ0v) is 13.0. The normalized spacial score (nSPS) is 13.4. The van der Waals surface area contributed by atoms with Gasteiger partial charge in [0.2, 0.25) is 0 Å². The Morgan fingerprint density at radius 3 is 2.73 bits per heavy atom. The number of carbonyl (C=O) groups is 1. The highest BCUT2D eigenvalue weighted by Gasteiger charge is 2.40. The fourth-order valence-corrected chi connectivity index (χ4v) is 2.16. The molecular weight excluding hydrogens is 369 g/mol. The van der Waals surface area contributed by atoms with Gasteiger partial charge >= 0.3 is 6.18 Å². The predicted octanol–water partition coefficient (Wildman–Crippen LogP) is 1.88. The number of hydrogen-bond donors (Lipinski definition) is 1. The summed E-state index contributed by atoms with van der Waals surface area (Å²) < 4.78 is 39.2. The maximum absolute atomic E-state index is 12.4. The van der Waals surface area contributed by atoms with Crippen LogP contribution in [0.4, 0.5) is 13.2 Å². The number of carbonyl (C=O) groups excluding carboxylic acids is 1. The van der Waals surface area contributed by atoms with Crippen LogP contribution in [0.15, 0.2) is 23.2 Å². The highest BCUT2D eigenvalue weighted by Crippen LogP contribution is 2.21. The number of aromatic nitrogens is 3. The van der Waals surface area contributed by atoms with Crippen LogP contribution < -0.4 is 0 Å². The Hall–Kier alpha value is -1.68. The number of aliphatic hydroxyl groups excluding tert-OH is 1. The van der Waals surface area contributed by atoms with E-state index in [1.54, 1.807) is 0 Å². The van der Waals surface area contributed by atoms with Gasteiger partial charge in [-0.2, -0.15) is 13.2 Å². The van der Waals surface area contributed by atoms with E-state index >= 15 is 0 Å². The van der Waals surface area contributed by atoms with Gasteiger partial charge in [0.15, 0.2) is 11.8 Å². The Kier molecular flexibility index (Phi) is 4.71. The molecule has 0 spiro atoms. The summed E-state index contributed by atoms with van der Waals surface area (Å²) >= 11 is 3.15. The Balaban J connectivity index is 2.29. The minimum Gasteiger partial charge on any atom is -0.382 e. The Bertz CT molecular complexity index is 689. The van der Waals surface area contributed by atoms with E-state index in [4.69, 9.17) is 5.11 Å². The van der Waals surface area contributed by atoms with Crippen molar-refractivity contribution in [2.24, 2.45) is 0 Å². The van der Waals surface area contributed by atoms with Crippen molar-refractivity contribution in [3.63, 3.8) is 0 Å². The van der Waals surface area contributed by atoms with Gasteiger partial charge in [-0.25, -0.2) is 9.97 Å². The van der Waals surface area contributed by atoms with Crippen molar-refractivity contribution in [3.05, 3.63) is 28.9 Å². The molecule has 22 heavy (non-hydrogen) atoms. The van der Waals surface area contributed by atoms with Gasteiger partial charge in [0.05, 0.1) is 18.9 Å². The maximum Gasteiger partial charge on any atom is 0.416 e. The van der Waals surface area contributed by atoms with E-state index in [9.17, 15) is 18.0 Å². The molecule has 0 aromatic carbocycles. The van der Waals surface area contributed by atoms with E-state index in [1.165, 1.54) is 29.9 Å². The smallest absolute Gasteiger partial charge is 0.382 e. The van der Waals surface area contributed by atoms with Gasteiger partial charge in [0.1, 0.15) is 10.3 Å². The quantitative estimate of drug-likeness (QED) is 0.878. The van der Waals surface area contributed by atoms with Gasteiger partial charge in [-0.1, -0.05) is 0 Å². The molecule has 1 amide bonds. The largest absolute Gasteiger partial charge is 0.416 e. The molecule has 0 bridgehead atoms. The molecule has 0 aliphatic rings. The monoisotopic (exact) mass is 380 g/mol. The van der Waals surface area contributed by atoms with Crippen molar-refractivity contribution in [3.8, 4) is 0 Å². The highest BCUT2D eigenvalue weighted by molar-refractivity contribution is 9.10. The summed E-state index contributed by atoms with van der Waals surface area (Å²) in [7, 11) is 0. The second-order valence-electron chi connectivity index (χ2n) is 4.48. The predicted molar refractivity (Wildman–Crippen MR) is 74.3 cm³/mol. The van der Waals surface area contributed by atoms with Gasteiger partial charge in [-0.15, -0.1) is 0 Å². The van der Waals surface area contributed by atoms with E-state index in [2.05, 4.69) is 25.9 Å². The molecule has 120 valence electrons. The average Bonchev–Trinajstić information content (AvgIpc) is 2.85. The lowest BCUT2D eigenvalue weighted by Crippen LogP contribution is -2.43. The number of aliphatic hydroxyl groups is 1. The first kappa shape index (κ1) is 16.7. The topological polar surface area (TPSA) is 70.7 Å². The summed E-state index contributed by atoms with van der Waals surface area (Å²) in [5.74, 6) is -0.656. The zero-order valence-electron chi connectivity index (χ0n) is 11.4. The van der Waals surface area contributed by atoms with Crippen molar-refractivity contribution in [1.29, 1.82) is 0 Å². The van der Waals surface area contributed by atoms with Crippen LogP contribution >= 0.6 is 15.9 Å². The van der Waals surface area contributed by atoms with Crippen LogP contribution in [-0.2, 0) is 0 Å². The van der Waals surface area contributed by atoms with Crippen molar-refractivity contribution < 1.29 is 23.1 Å². The summed E-state index contributed by atoms with van der Waals surface area (Å²) in [5, 5.41) is 9.13. The molecule has 0 fully saturated rings. The van der Waals surface area contributed by atoms with Crippen LogP contribution in [0.2, 0.25) is 0 Å². The van der Waals surface area contributed by atoms with Crippen molar-refractivity contribution in [2.45, 2.75) is 19.2 Å². The summed E-state index contributed by atoms with van der Waals surface area (Å²) in [5.41, 5.74) is 0.480. The van der Waals surface area contributed by atoms with E-state index in [-0.39, 0.29) is 12.2 Å². The Labute approximate surface area is 131 Å². The lowest BCUT2D eigenvalue weighted by Gasteiger charge is -2.24. The van der Waals surface area contributed by atoms with Crippen molar-refractivity contribution >= 4 is 27.5 Å². The van der Waals surface area contributed by atoms with E-state index in [0.717, 1.165) is 4.90 Å². The third kappa shape index (κ3) is 3.38. The Morgan fingerprint density at radius 1 is 1.45 bits per heavy atom. The van der Waals surface area contributed by atoms with Crippen LogP contribution in [0.3, 0.4) is 0 Å². The molecule has 1 N–H and O–H groups in total.